The number of aliphatic carboxylic acids is 1. The van der Waals surface area contributed by atoms with Gasteiger partial charge in [0.15, 0.2) is 25.0 Å². The topological polar surface area (TPSA) is 315 Å². The third kappa shape index (κ3) is 8.10. The second-order valence-corrected chi connectivity index (χ2v) is 23.6. The molecule has 384 valence electrons. The molecule has 0 aromatic rings. The average molecular weight is 959 g/mol. The van der Waals surface area contributed by atoms with Gasteiger partial charge < -0.3 is 89.7 Å². The molecule has 3 heterocycles. The third-order valence-electron chi connectivity index (χ3n) is 19.5. The monoisotopic (exact) mass is 959 g/mol. The normalized spacial score (nSPS) is 55.3. The van der Waals surface area contributed by atoms with Crippen molar-refractivity contribution in [1.29, 1.82) is 0 Å². The highest BCUT2D eigenvalue weighted by molar-refractivity contribution is 5.73. The highest BCUT2D eigenvalue weighted by Crippen LogP contribution is 2.76. The zero-order valence-corrected chi connectivity index (χ0v) is 39.8. The van der Waals surface area contributed by atoms with Crippen molar-refractivity contribution >= 4 is 5.97 Å². The molecule has 8 rings (SSSR count). The van der Waals surface area contributed by atoms with Crippen molar-refractivity contribution in [3.05, 3.63) is 11.6 Å². The Morgan fingerprint density at radius 2 is 1.21 bits per heavy atom. The zero-order valence-electron chi connectivity index (χ0n) is 39.8. The van der Waals surface area contributed by atoms with Gasteiger partial charge in [-0.3, -0.25) is 0 Å². The summed E-state index contributed by atoms with van der Waals surface area (Å²) in [5.74, 6) is -1.22. The van der Waals surface area contributed by atoms with Gasteiger partial charge in [0.1, 0.15) is 67.1 Å². The summed E-state index contributed by atoms with van der Waals surface area (Å²) in [7, 11) is 0. The molecule has 3 unspecified atom stereocenters. The van der Waals surface area contributed by atoms with Gasteiger partial charge in [-0.2, -0.15) is 0 Å². The summed E-state index contributed by atoms with van der Waals surface area (Å²) in [6.45, 7) is 14.0. The van der Waals surface area contributed by atoms with Crippen LogP contribution in [0.3, 0.4) is 0 Å². The summed E-state index contributed by atoms with van der Waals surface area (Å²) < 4.78 is 36.0. The van der Waals surface area contributed by atoms with Crippen LogP contribution in [-0.4, -0.2) is 191 Å². The fourth-order valence-electron chi connectivity index (χ4n) is 15.2. The molecular formula is C48H78O19. The molecule has 4 saturated carbocycles. The molecular weight excluding hydrogens is 881 g/mol. The van der Waals surface area contributed by atoms with Crippen LogP contribution in [0.15, 0.2) is 11.6 Å². The predicted octanol–water partition coefficient (Wildman–Crippen LogP) is -0.323. The number of allylic oxidation sites excluding steroid dienone is 2. The Labute approximate surface area is 392 Å². The first kappa shape index (κ1) is 51.9. The van der Waals surface area contributed by atoms with E-state index in [0.717, 1.165) is 44.9 Å². The van der Waals surface area contributed by atoms with Crippen LogP contribution in [0.5, 0.6) is 0 Å². The Balaban J connectivity index is 1.08. The molecule has 0 aromatic carbocycles. The molecule has 0 spiro atoms. The predicted molar refractivity (Wildman–Crippen MR) is 232 cm³/mol. The second kappa shape index (κ2) is 18.2. The minimum absolute atomic E-state index is 0.00861. The van der Waals surface area contributed by atoms with Crippen LogP contribution < -0.4 is 0 Å². The minimum atomic E-state index is -2.10. The Morgan fingerprint density at radius 3 is 1.82 bits per heavy atom. The highest BCUT2D eigenvalue weighted by atomic mass is 16.8. The molecule has 0 amide bonds. The van der Waals surface area contributed by atoms with Crippen molar-refractivity contribution in [2.45, 2.75) is 211 Å². The van der Waals surface area contributed by atoms with Gasteiger partial charge in [0, 0.05) is 10.8 Å². The highest BCUT2D eigenvalue weighted by Gasteiger charge is 2.70. The Hall–Kier alpha value is -1.47. The van der Waals surface area contributed by atoms with Crippen molar-refractivity contribution in [3.63, 3.8) is 0 Å². The van der Waals surface area contributed by atoms with E-state index in [4.69, 9.17) is 28.4 Å². The number of hydrogen-bond donors (Lipinski definition) is 12. The maximum atomic E-state index is 12.5. The largest absolute Gasteiger partial charge is 0.479 e. The van der Waals surface area contributed by atoms with Gasteiger partial charge in [-0.15, -0.1) is 0 Å². The first-order chi connectivity index (χ1) is 31.3. The number of aliphatic hydroxyl groups excluding tert-OH is 11. The molecule has 0 radical (unpaired) electrons. The van der Waals surface area contributed by atoms with Crippen LogP contribution in [0, 0.1) is 50.2 Å². The lowest BCUT2D eigenvalue weighted by molar-refractivity contribution is -0.397. The lowest BCUT2D eigenvalue weighted by atomic mass is 9.33. The number of carboxylic acid groups (broad SMARTS) is 1. The summed E-state index contributed by atoms with van der Waals surface area (Å²) in [6.07, 6.45) is -19.2. The van der Waals surface area contributed by atoms with Gasteiger partial charge in [0.25, 0.3) is 0 Å². The van der Waals surface area contributed by atoms with E-state index in [2.05, 4.69) is 47.6 Å². The van der Waals surface area contributed by atoms with Gasteiger partial charge in [-0.1, -0.05) is 60.1 Å². The first-order valence-electron chi connectivity index (χ1n) is 24.4. The molecule has 19 heteroatoms. The van der Waals surface area contributed by atoms with Crippen molar-refractivity contribution in [1.82, 2.24) is 0 Å². The first-order valence-corrected chi connectivity index (χ1v) is 24.4. The molecule has 5 aliphatic carbocycles. The van der Waals surface area contributed by atoms with Crippen LogP contribution in [0.25, 0.3) is 0 Å². The molecule has 3 aliphatic heterocycles. The van der Waals surface area contributed by atoms with Gasteiger partial charge >= 0.3 is 5.97 Å². The SMILES string of the molecule is CC1(C)CC2C3=CCC4[C@@]5(C)CC[C@H](O[C@@H]6O[C@H](C(=O)O)[C@@H](O)[C@H](O)[C@H]6O[C@@H]6O[C@H](CO)[C@H](O)[C@H](O)[C@H]6O[C@@H]6O[C@H](CO)[C@@H](O)[C@H](O)[C@H]6O)[C@](C)(CO)C5CC[C@@]4(C)[C@]3(C)CC[C@@]2(C)[C@H](O)C1. The molecule has 12 N–H and O–H groups in total. The van der Waals surface area contributed by atoms with Crippen molar-refractivity contribution in [2.24, 2.45) is 50.2 Å². The molecule has 7 fully saturated rings. The molecule has 3 saturated heterocycles. The van der Waals surface area contributed by atoms with Crippen LogP contribution in [0.1, 0.15) is 106 Å². The summed E-state index contributed by atoms with van der Waals surface area (Å²) in [5, 5.41) is 130. The number of aliphatic hydroxyl groups is 11. The van der Waals surface area contributed by atoms with E-state index in [-0.39, 0.29) is 57.5 Å². The van der Waals surface area contributed by atoms with E-state index in [1.54, 1.807) is 0 Å². The average Bonchev–Trinajstić information content (AvgIpc) is 3.27. The van der Waals surface area contributed by atoms with E-state index in [9.17, 15) is 66.1 Å². The van der Waals surface area contributed by atoms with E-state index in [0.29, 0.717) is 12.8 Å². The third-order valence-corrected chi connectivity index (χ3v) is 19.5. The number of rotatable bonds is 10. The van der Waals surface area contributed by atoms with Gasteiger partial charge in [0.05, 0.1) is 32.0 Å². The molecule has 8 aliphatic rings. The maximum Gasteiger partial charge on any atom is 0.335 e. The number of hydrogen-bond acceptors (Lipinski definition) is 18. The molecule has 67 heavy (non-hydrogen) atoms. The number of carboxylic acids is 1. The molecule has 0 aromatic heterocycles. The van der Waals surface area contributed by atoms with Gasteiger partial charge in [-0.05, 0) is 97.2 Å². The summed E-state index contributed by atoms with van der Waals surface area (Å²) in [5.41, 5.74) is -0.143. The summed E-state index contributed by atoms with van der Waals surface area (Å²) in [6, 6.07) is 0. The smallest absolute Gasteiger partial charge is 0.335 e. The fourth-order valence-corrected chi connectivity index (χ4v) is 15.2. The number of fused-ring (bicyclic) bond motifs is 7. The Bertz CT molecular complexity index is 1830. The standard InChI is InChI=1S/C48H78O19/c1-43(2)16-22-21-8-9-26-45(4)12-11-28(46(5,20-51)25(45)10-13-48(26,7)47(21,6)15-14-44(22,3)27(52)17-43)64-42-38(34(58)33(57)36(65-42)39(60)61)67-41-37(32(56)30(54)24(19-50)63-41)66-40-35(59)31(55)29(53)23(18-49)62-40/h8,22-38,40-42,49-59H,9-20H2,1-7H3,(H,60,61)/t22?,23-,24-,25?,26?,27-,28+,29-,30+,31+,32+,33+,34+,35-,36+,37-,38-,40+,41+,42-,44-,45+,46-,47-,48-/m1/s1. The Kier molecular flexibility index (Phi) is 14.1. The van der Waals surface area contributed by atoms with E-state index in [1.807, 2.05) is 6.92 Å². The van der Waals surface area contributed by atoms with Crippen LogP contribution in [-0.2, 0) is 33.2 Å². The Morgan fingerprint density at radius 1 is 0.627 bits per heavy atom. The maximum absolute atomic E-state index is 12.5. The summed E-state index contributed by atoms with van der Waals surface area (Å²) in [4.78, 5) is 12.5. The van der Waals surface area contributed by atoms with E-state index < -0.39 is 123 Å². The van der Waals surface area contributed by atoms with Crippen LogP contribution in [0.2, 0.25) is 0 Å². The zero-order chi connectivity index (χ0) is 49.1. The van der Waals surface area contributed by atoms with Crippen molar-refractivity contribution < 1.29 is 94.5 Å². The second-order valence-electron chi connectivity index (χ2n) is 23.6. The molecule has 0 bridgehead atoms. The molecule has 19 nitrogen and oxygen atoms in total. The van der Waals surface area contributed by atoms with Gasteiger partial charge in [0.2, 0.25) is 0 Å². The van der Waals surface area contributed by atoms with E-state index in [1.165, 1.54) is 5.57 Å². The van der Waals surface area contributed by atoms with Crippen molar-refractivity contribution in [2.75, 3.05) is 19.8 Å². The number of carbonyl (C=O) groups is 1. The summed E-state index contributed by atoms with van der Waals surface area (Å²) >= 11 is 0. The number of ether oxygens (including phenoxy) is 6. The van der Waals surface area contributed by atoms with E-state index >= 15 is 0 Å². The van der Waals surface area contributed by atoms with Crippen LogP contribution >= 0.6 is 0 Å². The quantitative estimate of drug-likeness (QED) is 0.0986. The fraction of sp³-hybridized carbons (Fsp3) is 0.938. The lowest BCUT2D eigenvalue weighted by Gasteiger charge is -2.72. The molecule has 25 atom stereocenters. The van der Waals surface area contributed by atoms with Crippen molar-refractivity contribution in [3.8, 4) is 0 Å². The minimum Gasteiger partial charge on any atom is -0.479 e. The van der Waals surface area contributed by atoms with Crippen LogP contribution in [0.4, 0.5) is 0 Å². The lowest BCUT2D eigenvalue weighted by Crippen LogP contribution is -2.68. The van der Waals surface area contributed by atoms with Gasteiger partial charge in [-0.25, -0.2) is 4.79 Å².